The van der Waals surface area contributed by atoms with Crippen LogP contribution in [-0.4, -0.2) is 57.3 Å². The van der Waals surface area contributed by atoms with Gasteiger partial charge in [0.25, 0.3) is 5.56 Å². The third-order valence-electron chi connectivity index (χ3n) is 6.06. The highest BCUT2D eigenvalue weighted by molar-refractivity contribution is 7.89. The summed E-state index contributed by atoms with van der Waals surface area (Å²) in [6.45, 7) is 2.66. The number of amides is 1. The van der Waals surface area contributed by atoms with E-state index in [9.17, 15) is 18.0 Å². The van der Waals surface area contributed by atoms with E-state index >= 15 is 0 Å². The number of pyridine rings is 1. The molecule has 0 saturated carbocycles. The molecule has 0 spiro atoms. The second-order valence-corrected chi connectivity index (χ2v) is 10.2. The summed E-state index contributed by atoms with van der Waals surface area (Å²) in [6.07, 6.45) is 6.49. The zero-order chi connectivity index (χ0) is 22.0. The van der Waals surface area contributed by atoms with Gasteiger partial charge in [-0.3, -0.25) is 14.6 Å². The smallest absolute Gasteiger partial charge is 0.256 e. The number of nitrogens with one attached hydrogen (secondary N) is 1. The van der Waals surface area contributed by atoms with Crippen LogP contribution in [-0.2, 0) is 34.2 Å². The van der Waals surface area contributed by atoms with E-state index in [4.69, 9.17) is 0 Å². The van der Waals surface area contributed by atoms with E-state index in [0.717, 1.165) is 18.4 Å². The van der Waals surface area contributed by atoms with E-state index < -0.39 is 16.1 Å². The van der Waals surface area contributed by atoms with Crippen LogP contribution in [0.1, 0.15) is 54.9 Å². The van der Waals surface area contributed by atoms with Crippen LogP contribution in [0.2, 0.25) is 0 Å². The maximum absolute atomic E-state index is 13.2. The quantitative estimate of drug-likeness (QED) is 0.738. The first-order valence-corrected chi connectivity index (χ1v) is 12.2. The molecule has 0 bridgehead atoms. The zero-order valence-corrected chi connectivity index (χ0v) is 18.4. The molecule has 1 fully saturated rings. The highest BCUT2D eigenvalue weighted by atomic mass is 32.2. The van der Waals surface area contributed by atoms with Gasteiger partial charge in [0.05, 0.1) is 29.6 Å². The highest BCUT2D eigenvalue weighted by Crippen LogP contribution is 2.32. The lowest BCUT2D eigenvalue weighted by atomic mass is 10.0. The van der Waals surface area contributed by atoms with Crippen LogP contribution in [0.15, 0.2) is 29.3 Å². The summed E-state index contributed by atoms with van der Waals surface area (Å²) in [5, 5.41) is 0. The zero-order valence-electron chi connectivity index (χ0n) is 17.6. The second kappa shape index (κ2) is 8.88. The molecule has 0 aliphatic carbocycles. The standard InChI is InChI=1S/C21H27N5O4S/c1-15(27)25-12-7-18-17(14-25)21(28)24-20(23-18)19-4-2-3-11-26(19)31(29,30)13-8-16-5-9-22-10-6-16/h5-6,9-10,19H,2-4,7-8,11-14H2,1H3,(H,23,24,28). The number of aryl methyl sites for hydroxylation is 1. The van der Waals surface area contributed by atoms with Gasteiger partial charge in [0, 0.05) is 38.8 Å². The largest absolute Gasteiger partial charge is 0.338 e. The molecule has 166 valence electrons. The molecule has 1 unspecified atom stereocenters. The Morgan fingerprint density at radius 3 is 2.74 bits per heavy atom. The van der Waals surface area contributed by atoms with Gasteiger partial charge >= 0.3 is 0 Å². The Kier molecular flexibility index (Phi) is 6.19. The van der Waals surface area contributed by atoms with E-state index in [1.807, 2.05) is 12.1 Å². The number of sulfonamides is 1. The number of fused-ring (bicyclic) bond motifs is 1. The molecule has 1 amide bonds. The Balaban J connectivity index is 1.58. The lowest BCUT2D eigenvalue weighted by Crippen LogP contribution is -2.43. The van der Waals surface area contributed by atoms with E-state index in [1.54, 1.807) is 17.3 Å². The number of carbonyl (C=O) groups excluding carboxylic acids is 1. The summed E-state index contributed by atoms with van der Waals surface area (Å²) in [4.78, 5) is 37.5. The summed E-state index contributed by atoms with van der Waals surface area (Å²) in [6, 6.07) is 3.16. The number of hydrogen-bond acceptors (Lipinski definition) is 6. The first-order chi connectivity index (χ1) is 14.8. The van der Waals surface area contributed by atoms with Crippen molar-refractivity contribution in [2.45, 2.75) is 51.6 Å². The van der Waals surface area contributed by atoms with Crippen LogP contribution >= 0.6 is 0 Å². The molecule has 2 aromatic heterocycles. The number of piperidine rings is 1. The summed E-state index contributed by atoms with van der Waals surface area (Å²) >= 11 is 0. The van der Waals surface area contributed by atoms with Gasteiger partial charge in [-0.1, -0.05) is 6.42 Å². The van der Waals surface area contributed by atoms with Crippen molar-refractivity contribution in [1.82, 2.24) is 24.2 Å². The van der Waals surface area contributed by atoms with Crippen molar-refractivity contribution < 1.29 is 13.2 Å². The number of aromatic nitrogens is 3. The second-order valence-electron chi connectivity index (χ2n) is 8.11. The van der Waals surface area contributed by atoms with Crippen molar-refractivity contribution in [2.24, 2.45) is 0 Å². The topological polar surface area (TPSA) is 116 Å². The van der Waals surface area contributed by atoms with Crippen LogP contribution < -0.4 is 5.56 Å². The first-order valence-electron chi connectivity index (χ1n) is 10.6. The van der Waals surface area contributed by atoms with Gasteiger partial charge < -0.3 is 9.88 Å². The van der Waals surface area contributed by atoms with Gasteiger partial charge in [0.15, 0.2) is 0 Å². The molecule has 0 radical (unpaired) electrons. The van der Waals surface area contributed by atoms with Gasteiger partial charge in [-0.15, -0.1) is 0 Å². The van der Waals surface area contributed by atoms with Gasteiger partial charge in [-0.05, 0) is 37.0 Å². The molecule has 9 nitrogen and oxygen atoms in total. The molecule has 2 aliphatic heterocycles. The summed E-state index contributed by atoms with van der Waals surface area (Å²) in [5.74, 6) is 0.330. The third-order valence-corrected chi connectivity index (χ3v) is 7.93. The first kappa shape index (κ1) is 21.6. The van der Waals surface area contributed by atoms with Gasteiger partial charge in [0.1, 0.15) is 5.82 Å². The summed E-state index contributed by atoms with van der Waals surface area (Å²) in [5.41, 5.74) is 1.79. The monoisotopic (exact) mass is 445 g/mol. The van der Waals surface area contributed by atoms with Gasteiger partial charge in [-0.25, -0.2) is 13.4 Å². The fourth-order valence-electron chi connectivity index (χ4n) is 4.30. The predicted molar refractivity (Wildman–Crippen MR) is 115 cm³/mol. The lowest BCUT2D eigenvalue weighted by molar-refractivity contribution is -0.129. The number of carbonyl (C=O) groups is 1. The lowest BCUT2D eigenvalue weighted by Gasteiger charge is -2.34. The molecule has 0 aromatic carbocycles. The van der Waals surface area contributed by atoms with E-state index in [0.29, 0.717) is 49.4 Å². The van der Waals surface area contributed by atoms with Crippen molar-refractivity contribution in [3.63, 3.8) is 0 Å². The van der Waals surface area contributed by atoms with E-state index in [1.165, 1.54) is 11.2 Å². The molecule has 4 rings (SSSR count). The molecule has 2 aliphatic rings. The van der Waals surface area contributed by atoms with Crippen LogP contribution in [0.25, 0.3) is 0 Å². The van der Waals surface area contributed by atoms with Crippen molar-refractivity contribution >= 4 is 15.9 Å². The highest BCUT2D eigenvalue weighted by Gasteiger charge is 2.35. The number of H-pyrrole nitrogens is 1. The molecule has 31 heavy (non-hydrogen) atoms. The number of hydrogen-bond donors (Lipinski definition) is 1. The van der Waals surface area contributed by atoms with Crippen molar-refractivity contribution in [3.05, 3.63) is 57.5 Å². The van der Waals surface area contributed by atoms with E-state index in [2.05, 4.69) is 15.0 Å². The maximum Gasteiger partial charge on any atom is 0.256 e. The summed E-state index contributed by atoms with van der Waals surface area (Å²) in [7, 11) is -3.53. The SMILES string of the molecule is CC(=O)N1CCc2nc(C3CCCCN3S(=O)(=O)CCc3ccncc3)[nH]c(=O)c2C1. The van der Waals surface area contributed by atoms with Crippen molar-refractivity contribution in [2.75, 3.05) is 18.8 Å². The Morgan fingerprint density at radius 2 is 2.00 bits per heavy atom. The van der Waals surface area contributed by atoms with Crippen molar-refractivity contribution in [3.8, 4) is 0 Å². The Morgan fingerprint density at radius 1 is 1.23 bits per heavy atom. The van der Waals surface area contributed by atoms with Crippen LogP contribution in [0.4, 0.5) is 0 Å². The Hall–Kier alpha value is -2.59. The number of nitrogens with zero attached hydrogens (tertiary/aromatic N) is 4. The fourth-order valence-corrected chi connectivity index (χ4v) is 6.02. The fraction of sp³-hybridized carbons (Fsp3) is 0.524. The average molecular weight is 446 g/mol. The molecular weight excluding hydrogens is 418 g/mol. The summed E-state index contributed by atoms with van der Waals surface area (Å²) < 4.78 is 27.9. The molecule has 1 saturated heterocycles. The normalized spacial score (nSPS) is 19.8. The molecule has 4 heterocycles. The van der Waals surface area contributed by atoms with Crippen LogP contribution in [0, 0.1) is 0 Å². The van der Waals surface area contributed by atoms with Gasteiger partial charge in [0.2, 0.25) is 15.9 Å². The van der Waals surface area contributed by atoms with Crippen LogP contribution in [0.5, 0.6) is 0 Å². The minimum absolute atomic E-state index is 0.00371. The van der Waals surface area contributed by atoms with Crippen LogP contribution in [0.3, 0.4) is 0 Å². The van der Waals surface area contributed by atoms with Gasteiger partial charge in [-0.2, -0.15) is 4.31 Å². The Bertz CT molecular complexity index is 1120. The molecule has 1 atom stereocenters. The number of aromatic amines is 1. The molecule has 1 N–H and O–H groups in total. The van der Waals surface area contributed by atoms with E-state index in [-0.39, 0.29) is 23.8 Å². The number of rotatable bonds is 5. The minimum atomic E-state index is -3.53. The maximum atomic E-state index is 13.2. The molecule has 10 heteroatoms. The molecule has 2 aromatic rings. The predicted octanol–water partition coefficient (Wildman–Crippen LogP) is 1.17. The Labute approximate surface area is 181 Å². The minimum Gasteiger partial charge on any atom is -0.338 e. The third kappa shape index (κ3) is 4.69. The van der Waals surface area contributed by atoms with Crippen molar-refractivity contribution in [1.29, 1.82) is 0 Å². The average Bonchev–Trinajstić information content (AvgIpc) is 2.78. The molecular formula is C21H27N5O4S.